The summed E-state index contributed by atoms with van der Waals surface area (Å²) in [5, 5.41) is 0. The molecule has 0 aromatic rings. The summed E-state index contributed by atoms with van der Waals surface area (Å²) < 4.78 is 10.9. The molecule has 0 saturated carbocycles. The van der Waals surface area contributed by atoms with Crippen LogP contribution in [0.3, 0.4) is 0 Å². The van der Waals surface area contributed by atoms with E-state index < -0.39 is 0 Å². The maximum atomic E-state index is 5.58. The minimum absolute atomic E-state index is 0.0976. The first-order valence-electron chi connectivity index (χ1n) is 4.07. The lowest BCUT2D eigenvalue weighted by molar-refractivity contribution is -0.0285. The molecule has 10 heavy (non-hydrogen) atoms. The first kappa shape index (κ1) is 6.62. The first-order chi connectivity index (χ1) is 4.81. The highest BCUT2D eigenvalue weighted by atomic mass is 16.6. The molecule has 0 aromatic heterocycles. The van der Waals surface area contributed by atoms with Crippen LogP contribution < -0.4 is 0 Å². The summed E-state index contributed by atoms with van der Waals surface area (Å²) in [6.07, 6.45) is 4.12. The van der Waals surface area contributed by atoms with Crippen molar-refractivity contribution in [3.8, 4) is 0 Å². The number of hydrogen-bond acceptors (Lipinski definition) is 2. The summed E-state index contributed by atoms with van der Waals surface area (Å²) in [6.45, 7) is 3.98. The van der Waals surface area contributed by atoms with Crippen LogP contribution in [0.5, 0.6) is 0 Å². The molecule has 2 unspecified atom stereocenters. The van der Waals surface area contributed by atoms with Crippen LogP contribution in [0.2, 0.25) is 0 Å². The van der Waals surface area contributed by atoms with Crippen LogP contribution in [0, 0.1) is 0 Å². The minimum atomic E-state index is 0.0976. The second-order valence-corrected chi connectivity index (χ2v) is 3.46. The Kier molecular flexibility index (Phi) is 1.46. The van der Waals surface area contributed by atoms with Gasteiger partial charge in [-0.15, -0.1) is 0 Å². The number of hydrogen-bond donors (Lipinski definition) is 0. The Balaban J connectivity index is 1.91. The predicted octanol–water partition coefficient (Wildman–Crippen LogP) is 1.34. The van der Waals surface area contributed by atoms with Crippen LogP contribution >= 0.6 is 0 Å². The maximum Gasteiger partial charge on any atom is 0.115 e. The van der Waals surface area contributed by atoms with Gasteiger partial charge >= 0.3 is 0 Å². The van der Waals surface area contributed by atoms with Gasteiger partial charge in [0.25, 0.3) is 0 Å². The molecule has 0 aromatic carbocycles. The van der Waals surface area contributed by atoms with Gasteiger partial charge in [0.05, 0.1) is 12.7 Å². The molecule has 0 bridgehead atoms. The Hall–Kier alpha value is -0.0800. The van der Waals surface area contributed by atoms with E-state index in [0.717, 1.165) is 13.2 Å². The normalized spacial score (nSPS) is 47.1. The molecule has 2 saturated heterocycles. The Morgan fingerprint density at radius 2 is 2.20 bits per heavy atom. The molecule has 2 nitrogen and oxygen atoms in total. The fourth-order valence-corrected chi connectivity index (χ4v) is 1.52. The van der Waals surface area contributed by atoms with E-state index in [2.05, 4.69) is 6.92 Å². The van der Waals surface area contributed by atoms with Gasteiger partial charge in [0, 0.05) is 6.61 Å². The Morgan fingerprint density at radius 3 is 2.70 bits per heavy atom. The molecule has 2 atom stereocenters. The monoisotopic (exact) mass is 142 g/mol. The summed E-state index contributed by atoms with van der Waals surface area (Å²) >= 11 is 0. The van der Waals surface area contributed by atoms with E-state index in [9.17, 15) is 0 Å². The highest BCUT2D eigenvalue weighted by molar-refractivity contribution is 4.95. The SMILES string of the molecule is CC1(C2CCCCO2)CO1. The predicted molar refractivity (Wildman–Crippen MR) is 37.9 cm³/mol. The van der Waals surface area contributed by atoms with E-state index in [1.54, 1.807) is 0 Å². The lowest BCUT2D eigenvalue weighted by Crippen LogP contribution is -2.32. The van der Waals surface area contributed by atoms with Gasteiger partial charge in [-0.05, 0) is 26.2 Å². The second kappa shape index (κ2) is 2.21. The van der Waals surface area contributed by atoms with Crippen molar-refractivity contribution >= 4 is 0 Å². The molecule has 2 aliphatic heterocycles. The molecular formula is C8H14O2. The number of epoxide rings is 1. The average molecular weight is 142 g/mol. The van der Waals surface area contributed by atoms with Crippen molar-refractivity contribution in [2.24, 2.45) is 0 Å². The van der Waals surface area contributed by atoms with Gasteiger partial charge in [-0.1, -0.05) is 0 Å². The van der Waals surface area contributed by atoms with Crippen molar-refractivity contribution in [3.05, 3.63) is 0 Å². The van der Waals surface area contributed by atoms with E-state index in [1.807, 2.05) is 0 Å². The first-order valence-corrected chi connectivity index (χ1v) is 4.07. The molecule has 0 N–H and O–H groups in total. The Bertz CT molecular complexity index is 123. The van der Waals surface area contributed by atoms with Crippen molar-refractivity contribution in [1.29, 1.82) is 0 Å². The summed E-state index contributed by atoms with van der Waals surface area (Å²) in [4.78, 5) is 0. The Labute approximate surface area is 61.5 Å². The molecule has 58 valence electrons. The van der Waals surface area contributed by atoms with Gasteiger partial charge in [0.1, 0.15) is 5.60 Å². The molecular weight excluding hydrogens is 128 g/mol. The lowest BCUT2D eigenvalue weighted by atomic mass is 9.98. The molecule has 0 aliphatic carbocycles. The molecule has 0 radical (unpaired) electrons. The summed E-state index contributed by atoms with van der Waals surface area (Å²) in [5.74, 6) is 0. The summed E-state index contributed by atoms with van der Waals surface area (Å²) in [6, 6.07) is 0. The number of ether oxygens (including phenoxy) is 2. The average Bonchev–Trinajstić information content (AvgIpc) is 2.72. The molecule has 0 spiro atoms. The quantitative estimate of drug-likeness (QED) is 0.515. The standard InChI is InChI=1S/C8H14O2/c1-8(6-10-8)7-4-2-3-5-9-7/h7H,2-6H2,1H3. The van der Waals surface area contributed by atoms with Crippen molar-refractivity contribution in [2.75, 3.05) is 13.2 Å². The fourth-order valence-electron chi connectivity index (χ4n) is 1.52. The smallest absolute Gasteiger partial charge is 0.115 e. The largest absolute Gasteiger partial charge is 0.375 e. The third-order valence-corrected chi connectivity index (χ3v) is 2.46. The number of rotatable bonds is 1. The van der Waals surface area contributed by atoms with Crippen LogP contribution in [0.15, 0.2) is 0 Å². The highest BCUT2D eigenvalue weighted by Gasteiger charge is 2.48. The van der Waals surface area contributed by atoms with E-state index >= 15 is 0 Å². The summed E-state index contributed by atoms with van der Waals surface area (Å²) in [7, 11) is 0. The van der Waals surface area contributed by atoms with Crippen molar-refractivity contribution < 1.29 is 9.47 Å². The van der Waals surface area contributed by atoms with Crippen molar-refractivity contribution in [3.63, 3.8) is 0 Å². The molecule has 2 rings (SSSR count). The second-order valence-electron chi connectivity index (χ2n) is 3.46. The van der Waals surface area contributed by atoms with E-state index in [4.69, 9.17) is 9.47 Å². The van der Waals surface area contributed by atoms with Crippen molar-refractivity contribution in [1.82, 2.24) is 0 Å². The molecule has 0 amide bonds. The maximum absolute atomic E-state index is 5.58. The lowest BCUT2D eigenvalue weighted by Gasteiger charge is -2.25. The van der Waals surface area contributed by atoms with Gasteiger partial charge in [0.15, 0.2) is 0 Å². The van der Waals surface area contributed by atoms with Crippen LogP contribution in [0.1, 0.15) is 26.2 Å². The molecule has 2 heteroatoms. The third-order valence-electron chi connectivity index (χ3n) is 2.46. The third kappa shape index (κ3) is 1.06. The van der Waals surface area contributed by atoms with Crippen molar-refractivity contribution in [2.45, 2.75) is 37.9 Å². The van der Waals surface area contributed by atoms with Gasteiger partial charge in [-0.3, -0.25) is 0 Å². The summed E-state index contributed by atoms with van der Waals surface area (Å²) in [5.41, 5.74) is 0.0976. The van der Waals surface area contributed by atoms with Gasteiger partial charge in [-0.2, -0.15) is 0 Å². The van der Waals surface area contributed by atoms with E-state index in [1.165, 1.54) is 19.3 Å². The van der Waals surface area contributed by atoms with Crippen LogP contribution in [0.25, 0.3) is 0 Å². The van der Waals surface area contributed by atoms with Crippen LogP contribution in [0.4, 0.5) is 0 Å². The fraction of sp³-hybridized carbons (Fsp3) is 1.00. The molecule has 2 fully saturated rings. The van der Waals surface area contributed by atoms with E-state index in [0.29, 0.717) is 6.10 Å². The zero-order valence-corrected chi connectivity index (χ0v) is 6.43. The zero-order valence-electron chi connectivity index (χ0n) is 6.43. The van der Waals surface area contributed by atoms with E-state index in [-0.39, 0.29) is 5.60 Å². The van der Waals surface area contributed by atoms with Gasteiger partial charge in [-0.25, -0.2) is 0 Å². The molecule has 2 aliphatic rings. The van der Waals surface area contributed by atoms with Gasteiger partial charge < -0.3 is 9.47 Å². The zero-order chi connectivity index (χ0) is 7.03. The van der Waals surface area contributed by atoms with Crippen LogP contribution in [-0.2, 0) is 9.47 Å². The topological polar surface area (TPSA) is 21.8 Å². The van der Waals surface area contributed by atoms with Gasteiger partial charge in [0.2, 0.25) is 0 Å². The Morgan fingerprint density at radius 1 is 1.40 bits per heavy atom. The highest BCUT2D eigenvalue weighted by Crippen LogP contribution is 2.36. The minimum Gasteiger partial charge on any atom is -0.375 e. The van der Waals surface area contributed by atoms with Crippen LogP contribution in [-0.4, -0.2) is 24.9 Å². The molecule has 2 heterocycles.